The molecular weight excluding hydrogens is 336 g/mol. The molecule has 0 spiro atoms. The lowest BCUT2D eigenvalue weighted by Crippen LogP contribution is -2.35. The number of benzene rings is 1. The number of rotatable bonds is 7. The summed E-state index contributed by atoms with van der Waals surface area (Å²) < 4.78 is 26.3. The third kappa shape index (κ3) is 4.32. The topological polar surface area (TPSA) is 80.5 Å². The molecule has 9 heteroatoms. The highest BCUT2D eigenvalue weighted by atomic mass is 35.5. The summed E-state index contributed by atoms with van der Waals surface area (Å²) in [5.41, 5.74) is -0.303. The van der Waals surface area contributed by atoms with Crippen molar-refractivity contribution >= 4 is 39.1 Å². The molecule has 0 aliphatic rings. The molecule has 1 unspecified atom stereocenters. The molecular formula is C12H17ClN2O4S2. The predicted octanol–water partition coefficient (Wildman–Crippen LogP) is 3.01. The van der Waals surface area contributed by atoms with Crippen molar-refractivity contribution in [3.05, 3.63) is 33.3 Å². The van der Waals surface area contributed by atoms with Gasteiger partial charge in [-0.25, -0.2) is 8.42 Å². The van der Waals surface area contributed by atoms with E-state index in [9.17, 15) is 18.5 Å². The average molecular weight is 353 g/mol. The van der Waals surface area contributed by atoms with Crippen LogP contribution in [0.25, 0.3) is 0 Å². The van der Waals surface area contributed by atoms with E-state index in [2.05, 4.69) is 0 Å². The molecule has 6 nitrogen and oxygen atoms in total. The highest BCUT2D eigenvalue weighted by Crippen LogP contribution is 2.29. The lowest BCUT2D eigenvalue weighted by Gasteiger charge is -2.24. The van der Waals surface area contributed by atoms with E-state index in [0.29, 0.717) is 6.42 Å². The van der Waals surface area contributed by atoms with Crippen LogP contribution in [-0.4, -0.2) is 42.7 Å². The number of hydrogen-bond donors (Lipinski definition) is 0. The summed E-state index contributed by atoms with van der Waals surface area (Å²) in [6.07, 6.45) is 2.63. The Labute approximate surface area is 133 Å². The Bertz CT molecular complexity index is 622. The smallest absolute Gasteiger partial charge is 0.258 e. The summed E-state index contributed by atoms with van der Waals surface area (Å²) in [4.78, 5) is 9.90. The molecule has 118 valence electrons. The van der Waals surface area contributed by atoms with Crippen molar-refractivity contribution in [2.75, 3.05) is 19.1 Å². The Morgan fingerprint density at radius 3 is 2.62 bits per heavy atom. The second-order valence-corrected chi connectivity index (χ2v) is 7.88. The van der Waals surface area contributed by atoms with Crippen LogP contribution in [0.4, 0.5) is 5.69 Å². The molecule has 1 aromatic carbocycles. The number of thioether (sulfide) groups is 1. The molecule has 0 saturated heterocycles. The third-order valence-electron chi connectivity index (χ3n) is 3.14. The lowest BCUT2D eigenvalue weighted by molar-refractivity contribution is -0.385. The van der Waals surface area contributed by atoms with Gasteiger partial charge in [-0.3, -0.25) is 10.1 Å². The van der Waals surface area contributed by atoms with Crippen molar-refractivity contribution in [2.24, 2.45) is 0 Å². The molecule has 0 saturated carbocycles. The van der Waals surface area contributed by atoms with E-state index in [0.717, 1.165) is 11.8 Å². The van der Waals surface area contributed by atoms with Crippen LogP contribution in [0, 0.1) is 10.1 Å². The van der Waals surface area contributed by atoms with Crippen molar-refractivity contribution in [3.8, 4) is 0 Å². The Morgan fingerprint density at radius 2 is 2.10 bits per heavy atom. The van der Waals surface area contributed by atoms with Gasteiger partial charge in [-0.05, 0) is 31.4 Å². The van der Waals surface area contributed by atoms with E-state index in [1.54, 1.807) is 18.7 Å². The maximum Gasteiger partial charge on any atom is 0.270 e. The standard InChI is InChI=1S/C12H17ClN2O4S2/c1-9(6-7-20-3)14(2)21(18,19)12-8-10(15(16)17)4-5-11(12)13/h4-5,8-9H,6-7H2,1-3H3. The second kappa shape index (κ2) is 7.44. The van der Waals surface area contributed by atoms with Crippen LogP contribution in [0.2, 0.25) is 5.02 Å². The first-order valence-electron chi connectivity index (χ1n) is 6.12. The molecule has 0 bridgehead atoms. The van der Waals surface area contributed by atoms with Gasteiger partial charge in [-0.15, -0.1) is 0 Å². The number of hydrogen-bond acceptors (Lipinski definition) is 5. The zero-order chi connectivity index (χ0) is 16.2. The van der Waals surface area contributed by atoms with Crippen LogP contribution in [-0.2, 0) is 10.0 Å². The van der Waals surface area contributed by atoms with E-state index in [-0.39, 0.29) is 21.6 Å². The first-order valence-corrected chi connectivity index (χ1v) is 9.34. The van der Waals surface area contributed by atoms with Gasteiger partial charge in [0.05, 0.1) is 9.95 Å². The molecule has 21 heavy (non-hydrogen) atoms. The maximum atomic E-state index is 12.5. The molecule has 0 aromatic heterocycles. The van der Waals surface area contributed by atoms with Gasteiger partial charge in [0, 0.05) is 25.2 Å². The first-order chi connectivity index (χ1) is 9.71. The van der Waals surface area contributed by atoms with Gasteiger partial charge in [0.25, 0.3) is 5.69 Å². The SMILES string of the molecule is CSCCC(C)N(C)S(=O)(=O)c1cc([N+](=O)[O-])ccc1Cl. The van der Waals surface area contributed by atoms with E-state index < -0.39 is 14.9 Å². The number of nitro benzene ring substituents is 1. The molecule has 1 rings (SSSR count). The van der Waals surface area contributed by atoms with E-state index in [4.69, 9.17) is 11.6 Å². The summed E-state index contributed by atoms with van der Waals surface area (Å²) in [6.45, 7) is 1.79. The van der Waals surface area contributed by atoms with Crippen LogP contribution in [0.3, 0.4) is 0 Å². The number of nitro groups is 1. The van der Waals surface area contributed by atoms with E-state index >= 15 is 0 Å². The van der Waals surface area contributed by atoms with Crippen LogP contribution >= 0.6 is 23.4 Å². The fourth-order valence-corrected chi connectivity index (χ4v) is 4.13. The van der Waals surface area contributed by atoms with Gasteiger partial charge in [-0.1, -0.05) is 11.6 Å². The Morgan fingerprint density at radius 1 is 1.48 bits per heavy atom. The molecule has 1 atom stereocenters. The summed E-state index contributed by atoms with van der Waals surface area (Å²) in [5, 5.41) is 10.8. The fourth-order valence-electron chi connectivity index (χ4n) is 1.67. The molecule has 0 amide bonds. The van der Waals surface area contributed by atoms with Crippen LogP contribution in [0.15, 0.2) is 23.1 Å². The Kier molecular flexibility index (Phi) is 6.45. The number of sulfonamides is 1. The van der Waals surface area contributed by atoms with Crippen molar-refractivity contribution in [3.63, 3.8) is 0 Å². The summed E-state index contributed by atoms with van der Waals surface area (Å²) in [6, 6.07) is 3.18. The molecule has 0 N–H and O–H groups in total. The number of non-ortho nitro benzene ring substituents is 1. The Balaban J connectivity index is 3.18. The minimum atomic E-state index is -3.87. The second-order valence-electron chi connectivity index (χ2n) is 4.52. The van der Waals surface area contributed by atoms with Crippen molar-refractivity contribution in [1.29, 1.82) is 0 Å². The van der Waals surface area contributed by atoms with Crippen LogP contribution in [0.1, 0.15) is 13.3 Å². The average Bonchev–Trinajstić information content (AvgIpc) is 2.43. The highest BCUT2D eigenvalue weighted by molar-refractivity contribution is 7.98. The molecule has 0 aliphatic carbocycles. The van der Waals surface area contributed by atoms with Gasteiger partial charge in [0.15, 0.2) is 0 Å². The van der Waals surface area contributed by atoms with Crippen molar-refractivity contribution < 1.29 is 13.3 Å². The third-order valence-corrected chi connectivity index (χ3v) is 6.24. The Hall–Kier alpha value is -0.830. The number of halogens is 1. The summed E-state index contributed by atoms with van der Waals surface area (Å²) in [5.74, 6) is 0.823. The van der Waals surface area contributed by atoms with Gasteiger partial charge in [0.2, 0.25) is 10.0 Å². The fraction of sp³-hybridized carbons (Fsp3) is 0.500. The predicted molar refractivity (Wildman–Crippen MR) is 85.5 cm³/mol. The minimum Gasteiger partial charge on any atom is -0.258 e. The highest BCUT2D eigenvalue weighted by Gasteiger charge is 2.28. The van der Waals surface area contributed by atoms with Gasteiger partial charge in [0.1, 0.15) is 4.90 Å². The molecule has 1 aromatic rings. The molecule has 0 aliphatic heterocycles. The maximum absolute atomic E-state index is 12.5. The number of nitrogens with zero attached hydrogens (tertiary/aromatic N) is 2. The molecule has 0 heterocycles. The van der Waals surface area contributed by atoms with Crippen molar-refractivity contribution in [2.45, 2.75) is 24.3 Å². The first kappa shape index (κ1) is 18.2. The minimum absolute atomic E-state index is 0.0236. The van der Waals surface area contributed by atoms with Crippen LogP contribution < -0.4 is 0 Å². The van der Waals surface area contributed by atoms with E-state index in [1.807, 2.05) is 6.26 Å². The largest absolute Gasteiger partial charge is 0.270 e. The zero-order valence-corrected chi connectivity index (χ0v) is 14.3. The van der Waals surface area contributed by atoms with Gasteiger partial charge < -0.3 is 0 Å². The normalized spacial score (nSPS) is 13.4. The van der Waals surface area contributed by atoms with Crippen molar-refractivity contribution in [1.82, 2.24) is 4.31 Å². The monoisotopic (exact) mass is 352 g/mol. The van der Waals surface area contributed by atoms with Gasteiger partial charge in [-0.2, -0.15) is 16.1 Å². The van der Waals surface area contributed by atoms with Gasteiger partial charge >= 0.3 is 0 Å². The molecule has 0 radical (unpaired) electrons. The molecule has 0 fully saturated rings. The summed E-state index contributed by atoms with van der Waals surface area (Å²) >= 11 is 7.53. The lowest BCUT2D eigenvalue weighted by atomic mass is 10.3. The quantitative estimate of drug-likeness (QED) is 0.556. The van der Waals surface area contributed by atoms with E-state index in [1.165, 1.54) is 23.5 Å². The summed E-state index contributed by atoms with van der Waals surface area (Å²) in [7, 11) is -2.41. The van der Waals surface area contributed by atoms with Crippen LogP contribution in [0.5, 0.6) is 0 Å². The zero-order valence-electron chi connectivity index (χ0n) is 11.9.